The van der Waals surface area contributed by atoms with Crippen molar-refractivity contribution in [2.45, 2.75) is 12.8 Å². The van der Waals surface area contributed by atoms with Crippen LogP contribution < -0.4 is 11.1 Å². The molecule has 1 aliphatic rings. The number of nitrogens with zero attached hydrogens (tertiary/aromatic N) is 1. The minimum atomic E-state index is -0.431. The van der Waals surface area contributed by atoms with Gasteiger partial charge in [0.15, 0.2) is 5.11 Å². The van der Waals surface area contributed by atoms with E-state index in [1.54, 1.807) is 24.3 Å². The zero-order chi connectivity index (χ0) is 16.1. The lowest BCUT2D eigenvalue weighted by molar-refractivity contribution is -0.122. The number of para-hydroxylation sites is 1. The number of nitrogens with two attached hydrogens (primary N) is 1. The summed E-state index contributed by atoms with van der Waals surface area (Å²) in [5.41, 5.74) is 6.37. The van der Waals surface area contributed by atoms with E-state index in [2.05, 4.69) is 5.32 Å². The SMILES string of the molecule is COC(=O)c1ccccc1NC(=S)N1CCCC(C(N)=O)C1. The third-order valence-electron chi connectivity index (χ3n) is 3.68. The summed E-state index contributed by atoms with van der Waals surface area (Å²) in [5, 5.41) is 3.53. The number of carbonyl (C=O) groups excluding carboxylic acids is 2. The van der Waals surface area contributed by atoms with E-state index in [0.717, 1.165) is 19.4 Å². The fourth-order valence-corrected chi connectivity index (χ4v) is 2.74. The number of likely N-dealkylation sites (tertiary alicyclic amines) is 1. The Kier molecular flexibility index (Phi) is 5.32. The van der Waals surface area contributed by atoms with Gasteiger partial charge in [-0.2, -0.15) is 0 Å². The van der Waals surface area contributed by atoms with Crippen LogP contribution in [0.2, 0.25) is 0 Å². The topological polar surface area (TPSA) is 84.7 Å². The highest BCUT2D eigenvalue weighted by atomic mass is 32.1. The standard InChI is InChI=1S/C15H19N3O3S/c1-21-14(20)11-6-2-3-7-12(11)17-15(22)18-8-4-5-10(9-18)13(16)19/h2-3,6-7,10H,4-5,8-9H2,1H3,(H2,16,19)(H,17,22). The van der Waals surface area contributed by atoms with E-state index in [1.807, 2.05) is 4.90 Å². The molecule has 1 aliphatic heterocycles. The van der Waals surface area contributed by atoms with Crippen LogP contribution >= 0.6 is 12.2 Å². The maximum Gasteiger partial charge on any atom is 0.339 e. The van der Waals surface area contributed by atoms with Crippen molar-refractivity contribution in [2.75, 3.05) is 25.5 Å². The molecule has 1 aromatic rings. The van der Waals surface area contributed by atoms with E-state index in [0.29, 0.717) is 22.9 Å². The molecule has 3 N–H and O–H groups in total. The van der Waals surface area contributed by atoms with Gasteiger partial charge in [-0.3, -0.25) is 4.79 Å². The first kappa shape index (κ1) is 16.2. The summed E-state index contributed by atoms with van der Waals surface area (Å²) in [5.74, 6) is -0.925. The van der Waals surface area contributed by atoms with Crippen LogP contribution in [0, 0.1) is 5.92 Å². The van der Waals surface area contributed by atoms with E-state index >= 15 is 0 Å². The molecule has 7 heteroatoms. The van der Waals surface area contributed by atoms with Crippen LogP contribution in [0.3, 0.4) is 0 Å². The number of esters is 1. The highest BCUT2D eigenvalue weighted by molar-refractivity contribution is 7.80. The molecule has 1 atom stereocenters. The maximum absolute atomic E-state index is 11.8. The van der Waals surface area contributed by atoms with Gasteiger partial charge in [0.2, 0.25) is 5.91 Å². The maximum atomic E-state index is 11.8. The number of piperidine rings is 1. The van der Waals surface area contributed by atoms with E-state index in [1.165, 1.54) is 7.11 Å². The highest BCUT2D eigenvalue weighted by Gasteiger charge is 2.25. The van der Waals surface area contributed by atoms with Crippen molar-refractivity contribution in [3.63, 3.8) is 0 Å². The molecular weight excluding hydrogens is 302 g/mol. The number of hydrogen-bond acceptors (Lipinski definition) is 4. The normalized spacial score (nSPS) is 17.7. The first-order chi connectivity index (χ1) is 10.5. The second-order valence-corrected chi connectivity index (χ2v) is 5.54. The molecule has 0 spiro atoms. The van der Waals surface area contributed by atoms with Gasteiger partial charge in [-0.05, 0) is 37.2 Å². The number of ether oxygens (including phenoxy) is 1. The summed E-state index contributed by atoms with van der Waals surface area (Å²) in [7, 11) is 1.33. The van der Waals surface area contributed by atoms with E-state index in [4.69, 9.17) is 22.7 Å². The van der Waals surface area contributed by atoms with Gasteiger partial charge in [0, 0.05) is 13.1 Å². The van der Waals surface area contributed by atoms with Crippen molar-refractivity contribution in [1.82, 2.24) is 4.90 Å². The van der Waals surface area contributed by atoms with E-state index in [9.17, 15) is 9.59 Å². The zero-order valence-corrected chi connectivity index (χ0v) is 13.2. The Morgan fingerprint density at radius 2 is 2.14 bits per heavy atom. The van der Waals surface area contributed by atoms with Crippen molar-refractivity contribution in [1.29, 1.82) is 0 Å². The quantitative estimate of drug-likeness (QED) is 0.646. The minimum Gasteiger partial charge on any atom is -0.465 e. The number of primary amides is 1. The third kappa shape index (κ3) is 3.73. The molecule has 0 aliphatic carbocycles. The van der Waals surface area contributed by atoms with Crippen LogP contribution in [0.1, 0.15) is 23.2 Å². The van der Waals surface area contributed by atoms with Gasteiger partial charge in [-0.25, -0.2) is 4.79 Å². The lowest BCUT2D eigenvalue weighted by Crippen LogP contribution is -2.45. The average molecular weight is 321 g/mol. The van der Waals surface area contributed by atoms with Crippen LogP contribution in [0.5, 0.6) is 0 Å². The monoisotopic (exact) mass is 321 g/mol. The number of nitrogens with one attached hydrogen (secondary N) is 1. The van der Waals surface area contributed by atoms with Crippen molar-refractivity contribution in [2.24, 2.45) is 11.7 Å². The van der Waals surface area contributed by atoms with Gasteiger partial charge in [0.25, 0.3) is 0 Å². The minimum absolute atomic E-state index is 0.190. The second-order valence-electron chi connectivity index (χ2n) is 5.15. The molecule has 1 amide bonds. The molecule has 22 heavy (non-hydrogen) atoms. The Balaban J connectivity index is 2.09. The molecule has 0 saturated carbocycles. The fourth-order valence-electron chi connectivity index (χ4n) is 2.47. The van der Waals surface area contributed by atoms with Crippen molar-refractivity contribution in [3.8, 4) is 0 Å². The Labute approximate surface area is 134 Å². The Bertz CT molecular complexity index is 591. The summed E-state index contributed by atoms with van der Waals surface area (Å²) in [6.07, 6.45) is 1.64. The van der Waals surface area contributed by atoms with Gasteiger partial charge < -0.3 is 20.7 Å². The molecule has 118 valence electrons. The predicted molar refractivity (Wildman–Crippen MR) is 87.5 cm³/mol. The number of carbonyl (C=O) groups is 2. The predicted octanol–water partition coefficient (Wildman–Crippen LogP) is 1.37. The number of amides is 1. The van der Waals surface area contributed by atoms with Crippen LogP contribution in [-0.4, -0.2) is 42.1 Å². The van der Waals surface area contributed by atoms with Crippen molar-refractivity contribution in [3.05, 3.63) is 29.8 Å². The molecule has 0 bridgehead atoms. The molecule has 0 aromatic heterocycles. The number of benzene rings is 1. The molecular formula is C15H19N3O3S. The largest absolute Gasteiger partial charge is 0.465 e. The van der Waals surface area contributed by atoms with Gasteiger partial charge in [-0.15, -0.1) is 0 Å². The highest BCUT2D eigenvalue weighted by Crippen LogP contribution is 2.20. The van der Waals surface area contributed by atoms with E-state index in [-0.39, 0.29) is 11.8 Å². The van der Waals surface area contributed by atoms with Crippen molar-refractivity contribution >= 4 is 34.9 Å². The third-order valence-corrected chi connectivity index (χ3v) is 4.05. The summed E-state index contributed by atoms with van der Waals surface area (Å²) in [6, 6.07) is 6.98. The smallest absolute Gasteiger partial charge is 0.339 e. The molecule has 1 unspecified atom stereocenters. The number of methoxy groups -OCH3 is 1. The lowest BCUT2D eigenvalue weighted by Gasteiger charge is -2.33. The summed E-state index contributed by atoms with van der Waals surface area (Å²) >= 11 is 5.39. The molecule has 1 saturated heterocycles. The summed E-state index contributed by atoms with van der Waals surface area (Å²) < 4.78 is 4.76. The van der Waals surface area contributed by atoms with Gasteiger partial charge in [0.05, 0.1) is 24.3 Å². The van der Waals surface area contributed by atoms with Crippen LogP contribution in [0.15, 0.2) is 24.3 Å². The average Bonchev–Trinajstić information content (AvgIpc) is 2.54. The Morgan fingerprint density at radius 1 is 1.41 bits per heavy atom. The molecule has 0 radical (unpaired) electrons. The Morgan fingerprint density at radius 3 is 2.82 bits per heavy atom. The van der Waals surface area contributed by atoms with Crippen LogP contribution in [-0.2, 0) is 9.53 Å². The first-order valence-corrected chi connectivity index (χ1v) is 7.46. The number of anilines is 1. The summed E-state index contributed by atoms with van der Waals surface area (Å²) in [4.78, 5) is 25.0. The van der Waals surface area contributed by atoms with Crippen LogP contribution in [0.4, 0.5) is 5.69 Å². The fraction of sp³-hybridized carbons (Fsp3) is 0.400. The van der Waals surface area contributed by atoms with E-state index < -0.39 is 5.97 Å². The molecule has 2 rings (SSSR count). The molecule has 6 nitrogen and oxygen atoms in total. The molecule has 1 fully saturated rings. The zero-order valence-electron chi connectivity index (χ0n) is 12.4. The van der Waals surface area contributed by atoms with Gasteiger partial charge >= 0.3 is 5.97 Å². The number of rotatable bonds is 3. The first-order valence-electron chi connectivity index (χ1n) is 7.05. The molecule has 1 heterocycles. The number of thiocarbonyl (C=S) groups is 1. The Hall–Kier alpha value is -2.15. The van der Waals surface area contributed by atoms with Gasteiger partial charge in [0.1, 0.15) is 0 Å². The second kappa shape index (κ2) is 7.22. The number of hydrogen-bond donors (Lipinski definition) is 2. The lowest BCUT2D eigenvalue weighted by atomic mass is 9.98. The van der Waals surface area contributed by atoms with Gasteiger partial charge in [-0.1, -0.05) is 12.1 Å². The molecule has 1 aromatic carbocycles. The van der Waals surface area contributed by atoms with Crippen molar-refractivity contribution < 1.29 is 14.3 Å². The summed E-state index contributed by atoms with van der Waals surface area (Å²) in [6.45, 7) is 1.26. The van der Waals surface area contributed by atoms with Crippen LogP contribution in [0.25, 0.3) is 0 Å².